The molecule has 0 saturated carbocycles. The van der Waals surface area contributed by atoms with Crippen LogP contribution in [0.25, 0.3) is 21.5 Å². The van der Waals surface area contributed by atoms with E-state index < -0.39 is 0 Å². The van der Waals surface area contributed by atoms with Gasteiger partial charge < -0.3 is 19.5 Å². The number of ether oxygens (including phenoxy) is 3. The van der Waals surface area contributed by atoms with Gasteiger partial charge in [-0.15, -0.1) is 11.3 Å². The van der Waals surface area contributed by atoms with Crippen molar-refractivity contribution in [3.8, 4) is 28.5 Å². The van der Waals surface area contributed by atoms with E-state index in [2.05, 4.69) is 10.4 Å². The van der Waals surface area contributed by atoms with Crippen LogP contribution in [0.1, 0.15) is 9.67 Å². The monoisotopic (exact) mass is 423 g/mol. The Labute approximate surface area is 177 Å². The Morgan fingerprint density at radius 2 is 1.80 bits per heavy atom. The first-order chi connectivity index (χ1) is 14.5. The van der Waals surface area contributed by atoms with Crippen LogP contribution in [-0.4, -0.2) is 37.0 Å². The van der Waals surface area contributed by atoms with Gasteiger partial charge in [-0.1, -0.05) is 6.07 Å². The number of carbonyl (C=O) groups is 1. The zero-order valence-electron chi connectivity index (χ0n) is 17.1. The molecule has 4 aromatic rings. The smallest absolute Gasteiger partial charge is 0.265 e. The molecule has 0 aliphatic heterocycles. The van der Waals surface area contributed by atoms with Crippen LogP contribution in [0.5, 0.6) is 17.2 Å². The molecule has 30 heavy (non-hydrogen) atoms. The highest BCUT2D eigenvalue weighted by molar-refractivity contribution is 7.20. The number of nitrogens with zero attached hydrogens (tertiary/aromatic N) is 2. The van der Waals surface area contributed by atoms with Crippen LogP contribution >= 0.6 is 11.3 Å². The van der Waals surface area contributed by atoms with Gasteiger partial charge in [0, 0.05) is 29.8 Å². The first-order valence-electron chi connectivity index (χ1n) is 9.18. The molecule has 0 aliphatic carbocycles. The van der Waals surface area contributed by atoms with Crippen LogP contribution in [0.2, 0.25) is 0 Å². The largest absolute Gasteiger partial charge is 0.497 e. The number of amides is 1. The quantitative estimate of drug-likeness (QED) is 0.491. The molecule has 0 aliphatic rings. The molecule has 0 unspecified atom stereocenters. The number of methoxy groups -OCH3 is 3. The maximum absolute atomic E-state index is 12.8. The molecule has 2 heterocycles. The van der Waals surface area contributed by atoms with Gasteiger partial charge in [-0.2, -0.15) is 5.10 Å². The second-order valence-corrected chi connectivity index (χ2v) is 7.59. The minimum absolute atomic E-state index is 0.178. The Morgan fingerprint density at radius 3 is 2.53 bits per heavy atom. The van der Waals surface area contributed by atoms with Crippen molar-refractivity contribution in [2.45, 2.75) is 0 Å². The molecule has 0 bridgehead atoms. The van der Waals surface area contributed by atoms with Gasteiger partial charge in [-0.3, -0.25) is 9.48 Å². The lowest BCUT2D eigenvalue weighted by Gasteiger charge is -2.08. The molecular weight excluding hydrogens is 402 g/mol. The van der Waals surface area contributed by atoms with Gasteiger partial charge in [0.05, 0.1) is 26.2 Å². The standard InChI is InChI=1S/C22H21N3O4S/c1-25-22-16(20(24-25)13-8-9-17(28-3)18(10-13)29-4)12-19(30-22)21(26)23-14-6-5-7-15(11-14)27-2/h5-12H,1-4H3,(H,23,26). The number of fused-ring (bicyclic) bond motifs is 1. The highest BCUT2D eigenvalue weighted by Gasteiger charge is 2.19. The number of anilines is 1. The lowest BCUT2D eigenvalue weighted by atomic mass is 10.1. The van der Waals surface area contributed by atoms with Gasteiger partial charge in [0.15, 0.2) is 11.5 Å². The lowest BCUT2D eigenvalue weighted by Crippen LogP contribution is -2.10. The molecule has 7 nitrogen and oxygen atoms in total. The number of hydrogen-bond acceptors (Lipinski definition) is 6. The Morgan fingerprint density at radius 1 is 1.00 bits per heavy atom. The minimum atomic E-state index is -0.178. The number of thiophene rings is 1. The molecule has 1 N–H and O–H groups in total. The fourth-order valence-corrected chi connectivity index (χ4v) is 4.21. The summed E-state index contributed by atoms with van der Waals surface area (Å²) in [6.45, 7) is 0. The molecule has 0 saturated heterocycles. The number of benzene rings is 2. The molecule has 154 valence electrons. The van der Waals surface area contributed by atoms with Gasteiger partial charge >= 0.3 is 0 Å². The Balaban J connectivity index is 1.69. The third kappa shape index (κ3) is 3.57. The second kappa shape index (κ2) is 8.08. The van der Waals surface area contributed by atoms with E-state index in [9.17, 15) is 4.79 Å². The van der Waals surface area contributed by atoms with Crippen LogP contribution in [0.3, 0.4) is 0 Å². The van der Waals surface area contributed by atoms with Gasteiger partial charge in [0.1, 0.15) is 16.3 Å². The van der Waals surface area contributed by atoms with Gasteiger partial charge in [0.25, 0.3) is 5.91 Å². The van der Waals surface area contributed by atoms with E-state index in [0.717, 1.165) is 21.5 Å². The summed E-state index contributed by atoms with van der Waals surface area (Å²) in [7, 11) is 6.66. The number of hydrogen-bond donors (Lipinski definition) is 1. The number of nitrogens with one attached hydrogen (secondary N) is 1. The third-order valence-electron chi connectivity index (χ3n) is 4.72. The molecule has 0 fully saturated rings. The van der Waals surface area contributed by atoms with E-state index >= 15 is 0 Å². The molecular formula is C22H21N3O4S. The van der Waals surface area contributed by atoms with E-state index in [-0.39, 0.29) is 5.91 Å². The molecule has 2 aromatic carbocycles. The van der Waals surface area contributed by atoms with Crippen molar-refractivity contribution < 1.29 is 19.0 Å². The van der Waals surface area contributed by atoms with E-state index in [1.54, 1.807) is 32.1 Å². The lowest BCUT2D eigenvalue weighted by molar-refractivity contribution is 0.103. The maximum Gasteiger partial charge on any atom is 0.265 e. The summed E-state index contributed by atoms with van der Waals surface area (Å²) in [6.07, 6.45) is 0. The second-order valence-electron chi connectivity index (χ2n) is 6.56. The molecule has 0 spiro atoms. The molecule has 1 amide bonds. The fraction of sp³-hybridized carbons (Fsp3) is 0.182. The summed E-state index contributed by atoms with van der Waals surface area (Å²) in [5.41, 5.74) is 2.34. The van der Waals surface area contributed by atoms with Crippen LogP contribution in [0.4, 0.5) is 5.69 Å². The highest BCUT2D eigenvalue weighted by Crippen LogP contribution is 2.37. The minimum Gasteiger partial charge on any atom is -0.497 e. The van der Waals surface area contributed by atoms with Crippen molar-refractivity contribution in [3.05, 3.63) is 53.4 Å². The predicted molar refractivity (Wildman–Crippen MR) is 118 cm³/mol. The maximum atomic E-state index is 12.8. The van der Waals surface area contributed by atoms with Crippen molar-refractivity contribution in [2.75, 3.05) is 26.6 Å². The first-order valence-corrected chi connectivity index (χ1v) is 10.00. The molecule has 2 aromatic heterocycles. The number of aromatic nitrogens is 2. The molecule has 4 rings (SSSR count). The molecule has 8 heteroatoms. The van der Waals surface area contributed by atoms with Crippen LogP contribution in [0, 0.1) is 0 Å². The van der Waals surface area contributed by atoms with E-state index in [1.165, 1.54) is 11.3 Å². The summed E-state index contributed by atoms with van der Waals surface area (Å²) >= 11 is 1.40. The predicted octanol–water partition coefficient (Wildman–Crippen LogP) is 4.58. The van der Waals surface area contributed by atoms with Crippen LogP contribution < -0.4 is 19.5 Å². The highest BCUT2D eigenvalue weighted by atomic mass is 32.1. The van der Waals surface area contributed by atoms with Crippen molar-refractivity contribution in [1.82, 2.24) is 9.78 Å². The van der Waals surface area contributed by atoms with E-state index in [4.69, 9.17) is 14.2 Å². The summed E-state index contributed by atoms with van der Waals surface area (Å²) < 4.78 is 17.7. The summed E-state index contributed by atoms with van der Waals surface area (Å²) in [4.78, 5) is 14.3. The van der Waals surface area contributed by atoms with Gasteiger partial charge in [0.2, 0.25) is 0 Å². The molecule has 0 radical (unpaired) electrons. The van der Waals surface area contributed by atoms with E-state index in [1.807, 2.05) is 49.5 Å². The zero-order chi connectivity index (χ0) is 21.3. The van der Waals surface area contributed by atoms with Gasteiger partial charge in [-0.25, -0.2) is 0 Å². The summed E-state index contributed by atoms with van der Waals surface area (Å²) in [5.74, 6) is 1.78. The zero-order valence-corrected chi connectivity index (χ0v) is 17.9. The number of carbonyl (C=O) groups excluding carboxylic acids is 1. The average Bonchev–Trinajstić information content (AvgIpc) is 3.34. The SMILES string of the molecule is COc1cccc(NC(=O)c2cc3c(-c4ccc(OC)c(OC)c4)nn(C)c3s2)c1. The third-order valence-corrected chi connectivity index (χ3v) is 5.92. The topological polar surface area (TPSA) is 74.6 Å². The van der Waals surface area contributed by atoms with Crippen molar-refractivity contribution in [3.63, 3.8) is 0 Å². The first kappa shape index (κ1) is 19.8. The van der Waals surface area contributed by atoms with Crippen molar-refractivity contribution in [2.24, 2.45) is 7.05 Å². The number of aryl methyl sites for hydroxylation is 1. The Kier molecular flexibility index (Phi) is 5.33. The normalized spacial score (nSPS) is 10.8. The Bertz CT molecular complexity index is 1230. The van der Waals surface area contributed by atoms with Crippen LogP contribution in [-0.2, 0) is 7.05 Å². The average molecular weight is 423 g/mol. The summed E-state index contributed by atoms with van der Waals surface area (Å²) in [5, 5.41) is 8.47. The molecule has 0 atom stereocenters. The van der Waals surface area contributed by atoms with E-state index in [0.29, 0.717) is 27.8 Å². The van der Waals surface area contributed by atoms with Crippen LogP contribution in [0.15, 0.2) is 48.5 Å². The van der Waals surface area contributed by atoms with Gasteiger partial charge in [-0.05, 0) is 36.4 Å². The fourth-order valence-electron chi connectivity index (χ4n) is 3.24. The van der Waals surface area contributed by atoms with Crippen molar-refractivity contribution >= 4 is 33.1 Å². The number of rotatable bonds is 6. The summed E-state index contributed by atoms with van der Waals surface area (Å²) in [6, 6.07) is 14.8. The van der Waals surface area contributed by atoms with Crippen molar-refractivity contribution in [1.29, 1.82) is 0 Å². The Hall–Kier alpha value is -3.52.